The number of benzene rings is 1. The first-order valence-corrected chi connectivity index (χ1v) is 9.61. The van der Waals surface area contributed by atoms with Crippen LogP contribution in [-0.4, -0.2) is 31.2 Å². The lowest BCUT2D eigenvalue weighted by Gasteiger charge is -2.37. The highest BCUT2D eigenvalue weighted by atomic mass is 28.4. The number of aliphatic hydroxyl groups is 2. The van der Waals surface area contributed by atoms with Crippen molar-refractivity contribution in [1.82, 2.24) is 0 Å². The lowest BCUT2D eigenvalue weighted by Crippen LogP contribution is -2.43. The molecule has 1 aromatic carbocycles. The van der Waals surface area contributed by atoms with Gasteiger partial charge < -0.3 is 14.6 Å². The van der Waals surface area contributed by atoms with E-state index in [9.17, 15) is 10.2 Å². The highest BCUT2D eigenvalue weighted by Crippen LogP contribution is 2.36. The van der Waals surface area contributed by atoms with Gasteiger partial charge in [0.1, 0.15) is 12.2 Å². The van der Waals surface area contributed by atoms with Crippen molar-refractivity contribution in [3.63, 3.8) is 0 Å². The van der Waals surface area contributed by atoms with E-state index >= 15 is 0 Å². The maximum absolute atomic E-state index is 10.1. The van der Waals surface area contributed by atoms with Crippen LogP contribution in [0.5, 0.6) is 0 Å². The van der Waals surface area contributed by atoms with Gasteiger partial charge in [-0.05, 0) is 23.7 Å². The molecule has 0 amide bonds. The molecule has 0 spiro atoms. The summed E-state index contributed by atoms with van der Waals surface area (Å²) in [6.07, 6.45) is -1.79. The summed E-state index contributed by atoms with van der Waals surface area (Å²) in [6, 6.07) is 9.19. The fourth-order valence-electron chi connectivity index (χ4n) is 1.47. The third kappa shape index (κ3) is 4.42. The molecule has 0 aliphatic carbocycles. The summed E-state index contributed by atoms with van der Waals surface area (Å²) in [6.45, 7) is 10.9. The Bertz CT molecular complexity index is 384. The fourth-order valence-corrected chi connectivity index (χ4v) is 2.49. The van der Waals surface area contributed by atoms with Gasteiger partial charge >= 0.3 is 0 Å². The molecule has 0 heterocycles. The van der Waals surface area contributed by atoms with Gasteiger partial charge in [0.2, 0.25) is 0 Å². The van der Waals surface area contributed by atoms with Crippen LogP contribution in [0.3, 0.4) is 0 Å². The molecular weight excluding hydrogens is 256 g/mol. The number of hydrogen-bond acceptors (Lipinski definition) is 3. The first-order chi connectivity index (χ1) is 8.65. The molecule has 0 bridgehead atoms. The molecule has 0 fully saturated rings. The summed E-state index contributed by atoms with van der Waals surface area (Å²) in [4.78, 5) is 0. The molecule has 0 aromatic heterocycles. The molecule has 4 heteroatoms. The second-order valence-electron chi connectivity index (χ2n) is 6.49. The first kappa shape index (κ1) is 16.4. The van der Waals surface area contributed by atoms with Gasteiger partial charge in [-0.15, -0.1) is 0 Å². The number of aliphatic hydroxyl groups excluding tert-OH is 2. The van der Waals surface area contributed by atoms with E-state index in [1.807, 2.05) is 18.2 Å². The zero-order valence-corrected chi connectivity index (χ0v) is 13.6. The minimum absolute atomic E-state index is 0.102. The van der Waals surface area contributed by atoms with E-state index in [0.29, 0.717) is 5.56 Å². The number of rotatable bonds is 5. The highest BCUT2D eigenvalue weighted by Gasteiger charge is 2.38. The van der Waals surface area contributed by atoms with Crippen molar-refractivity contribution in [2.45, 2.75) is 51.1 Å². The minimum Gasteiger partial charge on any atom is -0.414 e. The van der Waals surface area contributed by atoms with E-state index < -0.39 is 20.5 Å². The van der Waals surface area contributed by atoms with Gasteiger partial charge in [-0.2, -0.15) is 0 Å². The van der Waals surface area contributed by atoms with Crippen LogP contribution in [0, 0.1) is 0 Å². The van der Waals surface area contributed by atoms with E-state index in [4.69, 9.17) is 4.43 Å². The Morgan fingerprint density at radius 2 is 1.63 bits per heavy atom. The lowest BCUT2D eigenvalue weighted by atomic mass is 10.1. The Morgan fingerprint density at radius 1 is 1.11 bits per heavy atom. The van der Waals surface area contributed by atoms with Crippen molar-refractivity contribution in [3.05, 3.63) is 35.9 Å². The predicted octanol–water partition coefficient (Wildman–Crippen LogP) is 3.10. The largest absolute Gasteiger partial charge is 0.414 e. The molecule has 1 rings (SSSR count). The fraction of sp³-hybridized carbons (Fsp3) is 0.600. The van der Waals surface area contributed by atoms with Crippen LogP contribution in [-0.2, 0) is 4.43 Å². The summed E-state index contributed by atoms with van der Waals surface area (Å²) >= 11 is 0. The van der Waals surface area contributed by atoms with Gasteiger partial charge in [0.05, 0.1) is 6.61 Å². The second-order valence-corrected chi connectivity index (χ2v) is 11.3. The SMILES string of the molecule is CC(C)(C)[Si](C)(C)OC[C@@H](O)[C@H](O)c1ccccc1. The Kier molecular flexibility index (Phi) is 5.32. The maximum atomic E-state index is 10.1. The molecule has 2 N–H and O–H groups in total. The Labute approximate surface area is 117 Å². The summed E-state index contributed by atoms with van der Waals surface area (Å²) < 4.78 is 5.93. The average molecular weight is 282 g/mol. The average Bonchev–Trinajstić information content (AvgIpc) is 2.35. The Morgan fingerprint density at radius 3 is 2.11 bits per heavy atom. The van der Waals surface area contributed by atoms with Crippen LogP contribution in [0.4, 0.5) is 0 Å². The van der Waals surface area contributed by atoms with Crippen molar-refractivity contribution >= 4 is 8.32 Å². The van der Waals surface area contributed by atoms with Gasteiger partial charge in [-0.25, -0.2) is 0 Å². The molecule has 2 atom stereocenters. The quantitative estimate of drug-likeness (QED) is 0.816. The van der Waals surface area contributed by atoms with Crippen molar-refractivity contribution in [2.24, 2.45) is 0 Å². The molecule has 0 unspecified atom stereocenters. The van der Waals surface area contributed by atoms with Crippen LogP contribution < -0.4 is 0 Å². The second kappa shape index (κ2) is 6.18. The van der Waals surface area contributed by atoms with E-state index in [0.717, 1.165) is 0 Å². The van der Waals surface area contributed by atoms with Crippen molar-refractivity contribution < 1.29 is 14.6 Å². The first-order valence-electron chi connectivity index (χ1n) is 6.70. The third-order valence-electron chi connectivity index (χ3n) is 3.93. The Hall–Kier alpha value is -0.683. The topological polar surface area (TPSA) is 49.7 Å². The molecule has 0 saturated heterocycles. The summed E-state index contributed by atoms with van der Waals surface area (Å²) in [5, 5.41) is 20.2. The van der Waals surface area contributed by atoms with Gasteiger partial charge in [-0.3, -0.25) is 0 Å². The predicted molar refractivity (Wildman–Crippen MR) is 80.6 cm³/mol. The van der Waals surface area contributed by atoms with E-state index in [1.54, 1.807) is 12.1 Å². The van der Waals surface area contributed by atoms with E-state index in [2.05, 4.69) is 33.9 Å². The molecule has 0 radical (unpaired) electrons. The maximum Gasteiger partial charge on any atom is 0.192 e. The molecule has 0 aliphatic heterocycles. The van der Waals surface area contributed by atoms with Crippen molar-refractivity contribution in [1.29, 1.82) is 0 Å². The molecule has 0 saturated carbocycles. The van der Waals surface area contributed by atoms with Crippen molar-refractivity contribution in [2.75, 3.05) is 6.61 Å². The van der Waals surface area contributed by atoms with E-state index in [1.165, 1.54) is 0 Å². The van der Waals surface area contributed by atoms with E-state index in [-0.39, 0.29) is 11.6 Å². The van der Waals surface area contributed by atoms with Gasteiger partial charge in [-0.1, -0.05) is 51.1 Å². The molecule has 3 nitrogen and oxygen atoms in total. The summed E-state index contributed by atoms with van der Waals surface area (Å²) in [5.74, 6) is 0. The number of hydrogen-bond donors (Lipinski definition) is 2. The summed E-state index contributed by atoms with van der Waals surface area (Å²) in [5.41, 5.74) is 0.717. The zero-order chi connectivity index (χ0) is 14.7. The molecule has 0 aliphatic rings. The minimum atomic E-state index is -1.89. The normalized spacial score (nSPS) is 16.2. The van der Waals surface area contributed by atoms with Crippen LogP contribution in [0.2, 0.25) is 18.1 Å². The van der Waals surface area contributed by atoms with Gasteiger partial charge in [0.25, 0.3) is 0 Å². The monoisotopic (exact) mass is 282 g/mol. The zero-order valence-electron chi connectivity index (χ0n) is 12.6. The van der Waals surface area contributed by atoms with Gasteiger partial charge in [0.15, 0.2) is 8.32 Å². The third-order valence-corrected chi connectivity index (χ3v) is 8.43. The van der Waals surface area contributed by atoms with Gasteiger partial charge in [0, 0.05) is 0 Å². The van der Waals surface area contributed by atoms with Crippen LogP contribution in [0.1, 0.15) is 32.4 Å². The molecule has 108 valence electrons. The molecule has 1 aromatic rings. The van der Waals surface area contributed by atoms with Crippen LogP contribution >= 0.6 is 0 Å². The molecular formula is C15H26O3Si. The Balaban J connectivity index is 2.59. The van der Waals surface area contributed by atoms with Crippen LogP contribution in [0.25, 0.3) is 0 Å². The molecule has 19 heavy (non-hydrogen) atoms. The summed E-state index contributed by atoms with van der Waals surface area (Å²) in [7, 11) is -1.89. The highest BCUT2D eigenvalue weighted by molar-refractivity contribution is 6.74. The van der Waals surface area contributed by atoms with Crippen LogP contribution in [0.15, 0.2) is 30.3 Å². The lowest BCUT2D eigenvalue weighted by molar-refractivity contribution is -0.0120. The van der Waals surface area contributed by atoms with Crippen molar-refractivity contribution in [3.8, 4) is 0 Å². The standard InChI is InChI=1S/C15H26O3Si/c1-15(2,3)19(4,5)18-11-13(16)14(17)12-9-7-6-8-10-12/h6-10,13-14,16-17H,11H2,1-5H3/t13-,14-/m1/s1. The smallest absolute Gasteiger partial charge is 0.192 e.